The highest BCUT2D eigenvalue weighted by atomic mass is 35.5. The van der Waals surface area contributed by atoms with Gasteiger partial charge < -0.3 is 19.5 Å². The Morgan fingerprint density at radius 3 is 2.54 bits per heavy atom. The topological polar surface area (TPSA) is 109 Å². The zero-order valence-electron chi connectivity index (χ0n) is 24.3. The van der Waals surface area contributed by atoms with Crippen molar-refractivity contribution in [2.24, 2.45) is 0 Å². The number of ether oxygens (including phenoxy) is 3. The molecular weight excluding hydrogens is 620 g/mol. The van der Waals surface area contributed by atoms with Gasteiger partial charge in [-0.15, -0.1) is 0 Å². The van der Waals surface area contributed by atoms with Crippen LogP contribution < -0.4 is 25.1 Å². The molecule has 6 aromatic rings. The van der Waals surface area contributed by atoms with Crippen molar-refractivity contribution in [3.05, 3.63) is 124 Å². The number of nitrogens with one attached hydrogen (secondary N) is 1. The van der Waals surface area contributed by atoms with Crippen molar-refractivity contribution in [1.82, 2.24) is 19.2 Å². The molecule has 1 N–H and O–H groups in total. The number of fused-ring (bicyclic) bond motifs is 1. The van der Waals surface area contributed by atoms with Crippen LogP contribution in [-0.2, 0) is 0 Å². The Morgan fingerprint density at radius 1 is 0.978 bits per heavy atom. The van der Waals surface area contributed by atoms with E-state index >= 15 is 4.39 Å². The molecule has 0 bridgehead atoms. The molecule has 0 unspecified atom stereocenters. The lowest BCUT2D eigenvalue weighted by atomic mass is 10.1. The number of hydrogen-bond acceptors (Lipinski definition) is 7. The van der Waals surface area contributed by atoms with Crippen molar-refractivity contribution in [2.45, 2.75) is 6.92 Å². The third kappa shape index (κ3) is 5.73. The minimum Gasteiger partial charge on any atom is -0.493 e. The van der Waals surface area contributed by atoms with Gasteiger partial charge in [0, 0.05) is 41.3 Å². The summed E-state index contributed by atoms with van der Waals surface area (Å²) in [5.41, 5.74) is 0.678. The Hall–Kier alpha value is -5.75. The third-order valence-electron chi connectivity index (χ3n) is 6.96. The van der Waals surface area contributed by atoms with Crippen LogP contribution in [0.2, 0.25) is 5.02 Å². The third-order valence-corrected chi connectivity index (χ3v) is 7.26. The number of nitrogens with zero attached hydrogens (tertiary/aromatic N) is 4. The minimum atomic E-state index is -0.914. The molecule has 2 aromatic carbocycles. The van der Waals surface area contributed by atoms with Crippen molar-refractivity contribution >= 4 is 28.7 Å². The second-order valence-electron chi connectivity index (χ2n) is 9.74. The summed E-state index contributed by atoms with van der Waals surface area (Å²) in [6.45, 7) is 1.86. The lowest BCUT2D eigenvalue weighted by Gasteiger charge is -2.15. The molecule has 13 heteroatoms. The zero-order valence-corrected chi connectivity index (χ0v) is 25.1. The summed E-state index contributed by atoms with van der Waals surface area (Å²) in [4.78, 5) is 31.1. The Kier molecular flexibility index (Phi) is 8.36. The molecule has 0 radical (unpaired) electrons. The Bertz CT molecular complexity index is 2150. The van der Waals surface area contributed by atoms with Gasteiger partial charge in [0.25, 0.3) is 11.5 Å². The summed E-state index contributed by atoms with van der Waals surface area (Å²) in [6, 6.07) is 15.8. The monoisotopic (exact) mass is 643 g/mol. The number of pyridine rings is 2. The Labute approximate surface area is 265 Å². The largest absolute Gasteiger partial charge is 0.493 e. The summed E-state index contributed by atoms with van der Waals surface area (Å²) in [5, 5.41) is 7.13. The van der Waals surface area contributed by atoms with Gasteiger partial charge in [-0.25, -0.2) is 18.3 Å². The average molecular weight is 644 g/mol. The molecule has 4 heterocycles. The smallest absolute Gasteiger partial charge is 0.271 e. The van der Waals surface area contributed by atoms with Gasteiger partial charge >= 0.3 is 0 Å². The minimum absolute atomic E-state index is 0.00233. The van der Waals surface area contributed by atoms with Crippen molar-refractivity contribution in [3.63, 3.8) is 0 Å². The molecule has 232 valence electrons. The van der Waals surface area contributed by atoms with Gasteiger partial charge in [-0.05, 0) is 55.5 Å². The van der Waals surface area contributed by atoms with Gasteiger partial charge in [-0.1, -0.05) is 17.7 Å². The van der Waals surface area contributed by atoms with Gasteiger partial charge in [-0.2, -0.15) is 5.10 Å². The first kappa shape index (κ1) is 30.3. The van der Waals surface area contributed by atoms with E-state index in [2.05, 4.69) is 15.4 Å². The molecule has 0 saturated carbocycles. The van der Waals surface area contributed by atoms with E-state index in [-0.39, 0.29) is 35.1 Å². The van der Waals surface area contributed by atoms with Gasteiger partial charge in [0.1, 0.15) is 22.6 Å². The summed E-state index contributed by atoms with van der Waals surface area (Å²) >= 11 is 6.46. The fourth-order valence-corrected chi connectivity index (χ4v) is 5.06. The first-order valence-corrected chi connectivity index (χ1v) is 14.2. The highest BCUT2D eigenvalue weighted by molar-refractivity contribution is 6.33. The molecule has 0 aliphatic carbocycles. The number of benzene rings is 2. The van der Waals surface area contributed by atoms with Crippen LogP contribution >= 0.6 is 11.6 Å². The van der Waals surface area contributed by atoms with Crippen LogP contribution in [0.1, 0.15) is 17.3 Å². The molecule has 1 amide bonds. The Balaban J connectivity index is 1.35. The molecule has 0 aliphatic rings. The van der Waals surface area contributed by atoms with Crippen LogP contribution in [0.3, 0.4) is 0 Å². The predicted molar refractivity (Wildman–Crippen MR) is 168 cm³/mol. The van der Waals surface area contributed by atoms with E-state index in [9.17, 15) is 14.0 Å². The number of aromatic nitrogens is 4. The molecule has 0 fully saturated rings. The highest BCUT2D eigenvalue weighted by Crippen LogP contribution is 2.39. The van der Waals surface area contributed by atoms with Crippen molar-refractivity contribution in [2.75, 3.05) is 19.0 Å². The van der Waals surface area contributed by atoms with Gasteiger partial charge in [0.2, 0.25) is 5.88 Å². The lowest BCUT2D eigenvalue weighted by molar-refractivity contribution is 0.102. The van der Waals surface area contributed by atoms with Gasteiger partial charge in [0.05, 0.1) is 36.8 Å². The Morgan fingerprint density at radius 2 is 1.78 bits per heavy atom. The number of methoxy groups -OCH3 is 1. The van der Waals surface area contributed by atoms with Gasteiger partial charge in [0.15, 0.2) is 17.3 Å². The summed E-state index contributed by atoms with van der Waals surface area (Å²) in [5.74, 6) is -1.91. The molecular formula is C33H24ClF2N5O5. The fourth-order valence-electron chi connectivity index (χ4n) is 4.85. The van der Waals surface area contributed by atoms with Crippen molar-refractivity contribution in [1.29, 1.82) is 0 Å². The second-order valence-corrected chi connectivity index (χ2v) is 10.1. The lowest BCUT2D eigenvalue weighted by Crippen LogP contribution is -2.29. The molecule has 6 rings (SSSR count). The quantitative estimate of drug-likeness (QED) is 0.182. The van der Waals surface area contributed by atoms with E-state index in [1.54, 1.807) is 35.8 Å². The van der Waals surface area contributed by atoms with Crippen LogP contribution in [0.4, 0.5) is 14.5 Å². The number of hydrogen-bond donors (Lipinski definition) is 1. The van der Waals surface area contributed by atoms with Gasteiger partial charge in [-0.3, -0.25) is 14.2 Å². The number of amides is 1. The summed E-state index contributed by atoms with van der Waals surface area (Å²) < 4.78 is 49.0. The van der Waals surface area contributed by atoms with Crippen LogP contribution in [0.15, 0.2) is 96.3 Å². The van der Waals surface area contributed by atoms with Crippen LogP contribution in [0.25, 0.3) is 22.3 Å². The molecule has 0 spiro atoms. The highest BCUT2D eigenvalue weighted by Gasteiger charge is 2.23. The maximum atomic E-state index is 15.9. The van der Waals surface area contributed by atoms with Crippen molar-refractivity contribution < 1.29 is 27.8 Å². The maximum Gasteiger partial charge on any atom is 0.271 e. The molecule has 0 aliphatic heterocycles. The summed E-state index contributed by atoms with van der Waals surface area (Å²) in [6.07, 6.45) is 6.05. The van der Waals surface area contributed by atoms with E-state index in [0.717, 1.165) is 0 Å². The number of halogens is 3. The first-order valence-electron chi connectivity index (χ1n) is 13.9. The van der Waals surface area contributed by atoms with E-state index in [4.69, 9.17) is 25.8 Å². The first-order chi connectivity index (χ1) is 22.3. The molecule has 46 heavy (non-hydrogen) atoms. The normalized spacial score (nSPS) is 11.0. The van der Waals surface area contributed by atoms with Crippen molar-refractivity contribution in [3.8, 4) is 39.9 Å². The zero-order chi connectivity index (χ0) is 32.4. The number of carbonyl (C=O) groups is 1. The second kappa shape index (κ2) is 12.7. The van der Waals surface area contributed by atoms with E-state index in [1.165, 1.54) is 78.8 Å². The number of rotatable bonds is 9. The SMILES string of the molecule is CCOc1ccn(-c2ccc(F)cc2)c(=O)c1C(=O)Nc1cccc(Oc2ccnn3ccc(-c4cc(OC)ncc4Cl)c23)c1F. The van der Waals surface area contributed by atoms with Crippen LogP contribution in [0, 0.1) is 11.6 Å². The van der Waals surface area contributed by atoms with Crippen LogP contribution in [-0.4, -0.2) is 38.8 Å². The maximum absolute atomic E-state index is 15.9. The number of anilines is 1. The standard InChI is InChI=1S/C33H24ClF2N5O5/c1-3-45-25-13-15-40(20-9-7-19(35)8-10-20)33(43)29(25)32(42)39-24-5-4-6-26(30(24)36)46-27-11-14-38-41-16-12-21(31(27)41)22-17-28(44-2)37-18-23(22)34/h4-18H,3H2,1-2H3,(H,39,42). The molecule has 0 saturated heterocycles. The van der Waals surface area contributed by atoms with E-state index < -0.39 is 23.1 Å². The van der Waals surface area contributed by atoms with E-state index in [0.29, 0.717) is 33.2 Å². The average Bonchev–Trinajstić information content (AvgIpc) is 3.49. The van der Waals surface area contributed by atoms with E-state index in [1.807, 2.05) is 0 Å². The van der Waals surface area contributed by atoms with Crippen LogP contribution in [0.5, 0.6) is 23.1 Å². The summed E-state index contributed by atoms with van der Waals surface area (Å²) in [7, 11) is 1.49. The molecule has 4 aromatic heterocycles. The number of carbonyl (C=O) groups excluding carboxylic acids is 1. The predicted octanol–water partition coefficient (Wildman–Crippen LogP) is 6.93. The fraction of sp³-hybridized carbons (Fsp3) is 0.0909. The molecule has 0 atom stereocenters. The molecule has 10 nitrogen and oxygen atoms in total.